The molecule has 0 aliphatic heterocycles. The van der Waals surface area contributed by atoms with Gasteiger partial charge in [0.1, 0.15) is 13.2 Å². The lowest BCUT2D eigenvalue weighted by Gasteiger charge is -2.37. The van der Waals surface area contributed by atoms with Crippen molar-refractivity contribution in [3.8, 4) is 0 Å². The smallest absolute Gasteiger partial charge is 0.317 e. The third-order valence-corrected chi connectivity index (χ3v) is 22.3. The highest BCUT2D eigenvalue weighted by Crippen LogP contribution is 2.24. The Bertz CT molecular complexity index is 1420. The number of ether oxygens (including phenoxy) is 4. The zero-order valence-electron chi connectivity index (χ0n) is 52.7. The van der Waals surface area contributed by atoms with Crippen LogP contribution < -0.4 is 10.6 Å². The quantitative estimate of drug-likeness (QED) is 0.0336. The largest absolute Gasteiger partial charge is 0.463 e. The van der Waals surface area contributed by atoms with Gasteiger partial charge >= 0.3 is 32.6 Å². The zero-order chi connectivity index (χ0) is 58.4. The number of rotatable bonds is 49. The summed E-state index contributed by atoms with van der Waals surface area (Å²) in [5.74, 6) is -0.286. The van der Waals surface area contributed by atoms with Gasteiger partial charge in [-0.1, -0.05) is 51.9 Å². The molecule has 2 N–H and O–H groups in total. The van der Waals surface area contributed by atoms with Crippen LogP contribution in [0.2, 0.25) is 51.9 Å². The third kappa shape index (κ3) is 55.5. The Labute approximate surface area is 475 Å². The van der Waals surface area contributed by atoms with E-state index in [4.69, 9.17) is 27.2 Å². The fourth-order valence-electron chi connectivity index (χ4n) is 8.50. The molecule has 21 heteroatoms. The van der Waals surface area contributed by atoms with Gasteiger partial charge in [0.15, 0.2) is 16.6 Å². The van der Waals surface area contributed by atoms with E-state index >= 15 is 0 Å². The van der Waals surface area contributed by atoms with Crippen molar-refractivity contribution in [2.45, 2.75) is 181 Å². The van der Waals surface area contributed by atoms with E-state index in [0.717, 1.165) is 174 Å². The lowest BCUT2D eigenvalue weighted by Crippen LogP contribution is -2.51. The summed E-state index contributed by atoms with van der Waals surface area (Å²) in [7, 11) is 11.0. The SMILES string of the molecule is CCCCOCCOC(=O)CCCCCCCNC(=O)N(CCCN(C)C)CCCN(C)C.CN(C)CCCN(CCCN(C)C)C(=O)NCCCCCCCC(=O)OCCOCCC[Si](C)(C)O[Si](C)(C)O[Si](C)(C)C. The topological polar surface area (TPSA) is 167 Å². The summed E-state index contributed by atoms with van der Waals surface area (Å²) in [6, 6.07) is 1.12. The molecule has 0 saturated heterocycles. The number of urea groups is 2. The molecule has 0 saturated carbocycles. The van der Waals surface area contributed by atoms with Crippen LogP contribution in [0.1, 0.15) is 129 Å². The molecule has 0 rings (SSSR count). The van der Waals surface area contributed by atoms with Crippen LogP contribution in [0.4, 0.5) is 9.59 Å². The Morgan fingerprint density at radius 3 is 1.09 bits per heavy atom. The number of carbonyl (C=O) groups excluding carboxylic acids is 4. The summed E-state index contributed by atoms with van der Waals surface area (Å²) in [5.41, 5.74) is 0. The number of unbranched alkanes of at least 4 members (excludes halogenated alkanes) is 9. The van der Waals surface area contributed by atoms with Crippen LogP contribution in [0, 0.1) is 0 Å². The van der Waals surface area contributed by atoms with E-state index < -0.39 is 25.2 Å². The second-order valence-electron chi connectivity index (χ2n) is 23.7. The first kappa shape index (κ1) is 76.9. The Balaban J connectivity index is 0. The highest BCUT2D eigenvalue weighted by Gasteiger charge is 2.37. The number of hydrogen-bond acceptors (Lipinski definition) is 14. The molecule has 18 nitrogen and oxygen atoms in total. The van der Waals surface area contributed by atoms with Gasteiger partial charge in [-0.15, -0.1) is 0 Å². The predicted molar refractivity (Wildman–Crippen MR) is 326 cm³/mol. The molecule has 0 bridgehead atoms. The van der Waals surface area contributed by atoms with Crippen LogP contribution in [-0.2, 0) is 36.8 Å². The summed E-state index contributed by atoms with van der Waals surface area (Å²) < 4.78 is 34.5. The lowest BCUT2D eigenvalue weighted by atomic mass is 10.1. The first-order chi connectivity index (χ1) is 36.3. The fraction of sp³-hybridized carbons (Fsp3) is 0.929. The number of amides is 4. The second kappa shape index (κ2) is 48.5. The molecular weight excluding hydrogens is 1030 g/mol. The molecule has 4 amide bonds. The van der Waals surface area contributed by atoms with Gasteiger partial charge in [-0.3, -0.25) is 9.59 Å². The van der Waals surface area contributed by atoms with E-state index in [9.17, 15) is 19.2 Å². The lowest BCUT2D eigenvalue weighted by molar-refractivity contribution is -0.146. The molecule has 458 valence electrons. The molecule has 0 spiro atoms. The van der Waals surface area contributed by atoms with Crippen LogP contribution in [0.25, 0.3) is 0 Å². The monoisotopic (exact) mass is 1150 g/mol. The predicted octanol–water partition coefficient (Wildman–Crippen LogP) is 9.57. The van der Waals surface area contributed by atoms with Gasteiger partial charge in [0, 0.05) is 65.3 Å². The molecule has 0 aliphatic carbocycles. The van der Waals surface area contributed by atoms with Crippen molar-refractivity contribution in [2.24, 2.45) is 0 Å². The fourth-order valence-corrected chi connectivity index (χ4v) is 21.7. The minimum absolute atomic E-state index is 0.0439. The first-order valence-electron chi connectivity index (χ1n) is 29.8. The van der Waals surface area contributed by atoms with Gasteiger partial charge in [0.05, 0.1) is 13.2 Å². The van der Waals surface area contributed by atoms with Crippen LogP contribution in [0.5, 0.6) is 0 Å². The van der Waals surface area contributed by atoms with Crippen molar-refractivity contribution < 1.29 is 46.4 Å². The van der Waals surface area contributed by atoms with E-state index in [0.29, 0.717) is 59.0 Å². The van der Waals surface area contributed by atoms with Crippen molar-refractivity contribution in [1.82, 2.24) is 40.0 Å². The van der Waals surface area contributed by atoms with Crippen LogP contribution in [0.3, 0.4) is 0 Å². The molecule has 0 unspecified atom stereocenters. The highest BCUT2D eigenvalue weighted by atomic mass is 28.5. The van der Waals surface area contributed by atoms with E-state index in [1.54, 1.807) is 0 Å². The molecule has 0 fully saturated rings. The van der Waals surface area contributed by atoms with Gasteiger partial charge < -0.3 is 67.2 Å². The second-order valence-corrected chi connectivity index (χ2v) is 36.4. The van der Waals surface area contributed by atoms with Crippen LogP contribution >= 0.6 is 0 Å². The Morgan fingerprint density at radius 2 is 0.740 bits per heavy atom. The summed E-state index contributed by atoms with van der Waals surface area (Å²) in [6.07, 6.45) is 17.8. The zero-order valence-corrected chi connectivity index (χ0v) is 55.7. The highest BCUT2D eigenvalue weighted by molar-refractivity contribution is 6.87. The molecule has 0 radical (unpaired) electrons. The maximum atomic E-state index is 12.7. The molecular formula is C56H122N8O10Si3. The van der Waals surface area contributed by atoms with Gasteiger partial charge in [-0.05, 0) is 199 Å². The number of esters is 2. The molecule has 0 aromatic rings. The maximum absolute atomic E-state index is 12.7. The maximum Gasteiger partial charge on any atom is 0.317 e. The van der Waals surface area contributed by atoms with E-state index in [2.05, 4.69) is 139 Å². The van der Waals surface area contributed by atoms with E-state index in [1.807, 2.05) is 9.80 Å². The molecule has 0 aromatic carbocycles. The molecule has 0 atom stereocenters. The minimum atomic E-state index is -2.11. The van der Waals surface area contributed by atoms with Crippen molar-refractivity contribution >= 4 is 49.2 Å². The molecule has 0 aromatic heterocycles. The summed E-state index contributed by atoms with van der Waals surface area (Å²) >= 11 is 0. The average molecular weight is 1150 g/mol. The minimum Gasteiger partial charge on any atom is -0.463 e. The standard InChI is InChI=1S/C31H70N4O6Si3.C25H52N4O4/c1-33(2)22-17-24-35(25-18-23-34(3)4)31(37)32-21-16-14-12-13-15-20-30(36)39-28-27-38-26-19-29-43(8,9)41-44(10,11)40-42(5,6)7;1-6-7-21-32-22-23-33-24(30)15-11-9-8-10-12-16-26-25(31)29(19-13-17-27(2)3)20-14-18-28(4)5/h12-29H2,1-11H3,(H,32,37);6-23H2,1-5H3,(H,26,31). The van der Waals surface area contributed by atoms with Crippen LogP contribution in [-0.4, -0.2) is 240 Å². The van der Waals surface area contributed by atoms with Gasteiger partial charge in [-0.2, -0.15) is 0 Å². The number of carbonyl (C=O) groups is 4. The summed E-state index contributed by atoms with van der Waals surface area (Å²) in [6.45, 7) is 29.0. The molecule has 77 heavy (non-hydrogen) atoms. The first-order valence-corrected chi connectivity index (χ1v) is 39.1. The number of nitrogens with one attached hydrogen (secondary N) is 2. The van der Waals surface area contributed by atoms with E-state index in [-0.39, 0.29) is 24.0 Å². The van der Waals surface area contributed by atoms with E-state index in [1.165, 1.54) is 0 Å². The Hall–Kier alpha value is -2.19. The van der Waals surface area contributed by atoms with Crippen molar-refractivity contribution in [1.29, 1.82) is 0 Å². The average Bonchev–Trinajstić information content (AvgIpc) is 3.31. The summed E-state index contributed by atoms with van der Waals surface area (Å²) in [4.78, 5) is 61.6. The number of nitrogens with zero attached hydrogens (tertiary/aromatic N) is 6. The van der Waals surface area contributed by atoms with Crippen molar-refractivity contribution in [3.63, 3.8) is 0 Å². The third-order valence-electron chi connectivity index (χ3n) is 12.1. The van der Waals surface area contributed by atoms with Gasteiger partial charge in [-0.25, -0.2) is 9.59 Å². The summed E-state index contributed by atoms with van der Waals surface area (Å²) in [5, 5.41) is 6.18. The van der Waals surface area contributed by atoms with Gasteiger partial charge in [0.25, 0.3) is 0 Å². The van der Waals surface area contributed by atoms with Crippen molar-refractivity contribution in [3.05, 3.63) is 0 Å². The Morgan fingerprint density at radius 1 is 0.390 bits per heavy atom. The Kier molecular flexibility index (Phi) is 48.4. The molecule has 0 aliphatic rings. The van der Waals surface area contributed by atoms with Gasteiger partial charge in [0.2, 0.25) is 0 Å². The van der Waals surface area contributed by atoms with Crippen LogP contribution in [0.15, 0.2) is 0 Å². The normalized spacial score (nSPS) is 12.1. The van der Waals surface area contributed by atoms with Crippen molar-refractivity contribution in [2.75, 3.05) is 161 Å². The molecule has 0 heterocycles. The number of hydrogen-bond donors (Lipinski definition) is 2.